The van der Waals surface area contributed by atoms with Crippen molar-refractivity contribution in [2.75, 3.05) is 26.7 Å². The van der Waals surface area contributed by atoms with Crippen molar-refractivity contribution in [1.82, 2.24) is 9.62 Å². The Balaban J connectivity index is 2.41. The molecule has 0 spiro atoms. The molecular formula is C12H18N2O3S. The maximum Gasteiger partial charge on any atom is 0.247 e. The molecule has 2 rings (SSSR count). The Labute approximate surface area is 108 Å². The fourth-order valence-corrected chi connectivity index (χ4v) is 3.93. The van der Waals surface area contributed by atoms with Gasteiger partial charge < -0.3 is 10.1 Å². The van der Waals surface area contributed by atoms with Crippen LogP contribution in [0.15, 0.2) is 29.2 Å². The first-order valence-electron chi connectivity index (χ1n) is 5.93. The number of methoxy groups -OCH3 is 1. The Morgan fingerprint density at radius 1 is 1.39 bits per heavy atom. The molecule has 0 amide bonds. The molecule has 0 radical (unpaired) electrons. The molecule has 1 aliphatic rings. The van der Waals surface area contributed by atoms with E-state index in [1.165, 1.54) is 11.4 Å². The molecule has 1 aromatic rings. The number of piperazine rings is 1. The smallest absolute Gasteiger partial charge is 0.247 e. The largest absolute Gasteiger partial charge is 0.495 e. The molecule has 18 heavy (non-hydrogen) atoms. The van der Waals surface area contributed by atoms with Crippen molar-refractivity contribution in [2.45, 2.75) is 17.9 Å². The summed E-state index contributed by atoms with van der Waals surface area (Å²) in [6.07, 6.45) is 0. The SMILES string of the molecule is COc1ccccc1S(=O)(=O)N1CCNC[C@@H]1C. The van der Waals surface area contributed by atoms with Gasteiger partial charge in [-0.3, -0.25) is 0 Å². The van der Waals surface area contributed by atoms with E-state index in [4.69, 9.17) is 4.74 Å². The lowest BCUT2D eigenvalue weighted by atomic mass is 10.3. The molecule has 100 valence electrons. The molecule has 1 aromatic carbocycles. The summed E-state index contributed by atoms with van der Waals surface area (Å²) >= 11 is 0. The van der Waals surface area contributed by atoms with Crippen molar-refractivity contribution < 1.29 is 13.2 Å². The molecule has 0 bridgehead atoms. The summed E-state index contributed by atoms with van der Waals surface area (Å²) in [5, 5.41) is 3.18. The average molecular weight is 270 g/mol. The van der Waals surface area contributed by atoms with Crippen molar-refractivity contribution in [3.8, 4) is 5.75 Å². The number of ether oxygens (including phenoxy) is 1. The third-order valence-corrected chi connectivity index (χ3v) is 5.15. The summed E-state index contributed by atoms with van der Waals surface area (Å²) in [5.74, 6) is 0.392. The number of rotatable bonds is 3. The monoisotopic (exact) mass is 270 g/mol. The minimum Gasteiger partial charge on any atom is -0.495 e. The van der Waals surface area contributed by atoms with Crippen LogP contribution in [0.4, 0.5) is 0 Å². The van der Waals surface area contributed by atoms with Gasteiger partial charge in [0.1, 0.15) is 10.6 Å². The molecule has 0 aliphatic carbocycles. The van der Waals surface area contributed by atoms with Gasteiger partial charge >= 0.3 is 0 Å². The molecule has 1 fully saturated rings. The topological polar surface area (TPSA) is 58.6 Å². The van der Waals surface area contributed by atoms with Gasteiger partial charge in [0.15, 0.2) is 0 Å². The maximum atomic E-state index is 12.6. The van der Waals surface area contributed by atoms with E-state index in [2.05, 4.69) is 5.32 Å². The maximum absolute atomic E-state index is 12.6. The molecule has 1 N–H and O–H groups in total. The molecule has 1 aliphatic heterocycles. The Morgan fingerprint density at radius 2 is 2.11 bits per heavy atom. The quantitative estimate of drug-likeness (QED) is 0.877. The number of nitrogens with zero attached hydrogens (tertiary/aromatic N) is 1. The molecule has 1 saturated heterocycles. The van der Waals surface area contributed by atoms with Crippen LogP contribution in [-0.4, -0.2) is 45.5 Å². The summed E-state index contributed by atoms with van der Waals surface area (Å²) < 4.78 is 31.9. The van der Waals surface area contributed by atoms with Crippen LogP contribution in [-0.2, 0) is 10.0 Å². The van der Waals surface area contributed by atoms with Crippen LogP contribution in [0.5, 0.6) is 5.75 Å². The van der Waals surface area contributed by atoms with Crippen LogP contribution >= 0.6 is 0 Å². The van der Waals surface area contributed by atoms with Crippen molar-refractivity contribution in [1.29, 1.82) is 0 Å². The Kier molecular flexibility index (Phi) is 3.89. The van der Waals surface area contributed by atoms with Crippen LogP contribution in [0.3, 0.4) is 0 Å². The van der Waals surface area contributed by atoms with Gasteiger partial charge in [0.05, 0.1) is 7.11 Å². The zero-order valence-electron chi connectivity index (χ0n) is 10.6. The van der Waals surface area contributed by atoms with E-state index in [0.29, 0.717) is 25.4 Å². The molecule has 6 heteroatoms. The first kappa shape index (κ1) is 13.3. The van der Waals surface area contributed by atoms with E-state index < -0.39 is 10.0 Å². The van der Waals surface area contributed by atoms with Gasteiger partial charge in [0.2, 0.25) is 10.0 Å². The second kappa shape index (κ2) is 5.26. The number of para-hydroxylation sites is 1. The lowest BCUT2D eigenvalue weighted by molar-refractivity contribution is 0.282. The van der Waals surface area contributed by atoms with E-state index in [0.717, 1.165) is 0 Å². The molecule has 1 heterocycles. The summed E-state index contributed by atoms with van der Waals surface area (Å²) in [6.45, 7) is 3.74. The van der Waals surface area contributed by atoms with E-state index in [1.54, 1.807) is 24.3 Å². The molecule has 0 aromatic heterocycles. The molecule has 1 atom stereocenters. The standard InChI is InChI=1S/C12H18N2O3S/c1-10-9-13-7-8-14(10)18(15,16)12-6-4-3-5-11(12)17-2/h3-6,10,13H,7-9H2,1-2H3/t10-/m0/s1. The highest BCUT2D eigenvalue weighted by Crippen LogP contribution is 2.27. The highest BCUT2D eigenvalue weighted by Gasteiger charge is 2.32. The van der Waals surface area contributed by atoms with E-state index in [9.17, 15) is 8.42 Å². The molecule has 5 nitrogen and oxygen atoms in total. The fraction of sp³-hybridized carbons (Fsp3) is 0.500. The van der Waals surface area contributed by atoms with Crippen molar-refractivity contribution >= 4 is 10.0 Å². The molecule has 0 saturated carbocycles. The highest BCUT2D eigenvalue weighted by atomic mass is 32.2. The lowest BCUT2D eigenvalue weighted by Gasteiger charge is -2.33. The Morgan fingerprint density at radius 3 is 2.78 bits per heavy atom. The molecular weight excluding hydrogens is 252 g/mol. The van der Waals surface area contributed by atoms with Gasteiger partial charge in [-0.25, -0.2) is 8.42 Å². The normalized spacial score (nSPS) is 21.8. The van der Waals surface area contributed by atoms with Crippen LogP contribution in [0.2, 0.25) is 0 Å². The van der Waals surface area contributed by atoms with Gasteiger partial charge in [-0.05, 0) is 19.1 Å². The third-order valence-electron chi connectivity index (χ3n) is 3.10. The van der Waals surface area contributed by atoms with Crippen molar-refractivity contribution in [3.63, 3.8) is 0 Å². The van der Waals surface area contributed by atoms with Gasteiger partial charge in [-0.1, -0.05) is 12.1 Å². The Bertz CT molecular complexity index is 516. The zero-order chi connectivity index (χ0) is 13.2. The predicted octanol–water partition coefficient (Wildman–Crippen LogP) is 0.678. The summed E-state index contributed by atoms with van der Waals surface area (Å²) in [5.41, 5.74) is 0. The number of hydrogen-bond donors (Lipinski definition) is 1. The van der Waals surface area contributed by atoms with E-state index >= 15 is 0 Å². The Hall–Kier alpha value is -1.11. The van der Waals surface area contributed by atoms with Gasteiger partial charge in [-0.2, -0.15) is 4.31 Å². The lowest BCUT2D eigenvalue weighted by Crippen LogP contribution is -2.52. The highest BCUT2D eigenvalue weighted by molar-refractivity contribution is 7.89. The molecule has 0 unspecified atom stereocenters. The van der Waals surface area contributed by atoms with Gasteiger partial charge in [0, 0.05) is 25.7 Å². The summed E-state index contributed by atoms with van der Waals surface area (Å²) in [4.78, 5) is 0.237. The average Bonchev–Trinajstić information content (AvgIpc) is 2.39. The number of benzene rings is 1. The van der Waals surface area contributed by atoms with Crippen molar-refractivity contribution in [3.05, 3.63) is 24.3 Å². The third kappa shape index (κ3) is 2.36. The first-order chi connectivity index (χ1) is 8.57. The number of hydrogen-bond acceptors (Lipinski definition) is 4. The minimum atomic E-state index is -3.49. The van der Waals surface area contributed by atoms with Crippen LogP contribution in [0.25, 0.3) is 0 Å². The van der Waals surface area contributed by atoms with Crippen LogP contribution in [0.1, 0.15) is 6.92 Å². The van der Waals surface area contributed by atoms with Gasteiger partial charge in [0.25, 0.3) is 0 Å². The second-order valence-electron chi connectivity index (χ2n) is 4.32. The zero-order valence-corrected chi connectivity index (χ0v) is 11.4. The minimum absolute atomic E-state index is 0.0475. The second-order valence-corrected chi connectivity index (χ2v) is 6.18. The fourth-order valence-electron chi connectivity index (χ4n) is 2.14. The van der Waals surface area contributed by atoms with Crippen LogP contribution in [0, 0.1) is 0 Å². The summed E-state index contributed by atoms with van der Waals surface area (Å²) in [6, 6.07) is 6.68. The number of nitrogens with one attached hydrogen (secondary N) is 1. The number of sulfonamides is 1. The van der Waals surface area contributed by atoms with Crippen LogP contribution < -0.4 is 10.1 Å². The predicted molar refractivity (Wildman–Crippen MR) is 69.2 cm³/mol. The van der Waals surface area contributed by atoms with Crippen molar-refractivity contribution in [2.24, 2.45) is 0 Å². The van der Waals surface area contributed by atoms with E-state index in [1.807, 2.05) is 6.92 Å². The van der Waals surface area contributed by atoms with E-state index in [-0.39, 0.29) is 10.9 Å². The summed E-state index contributed by atoms with van der Waals surface area (Å²) in [7, 11) is -2.00. The van der Waals surface area contributed by atoms with Gasteiger partial charge in [-0.15, -0.1) is 0 Å². The first-order valence-corrected chi connectivity index (χ1v) is 7.37.